The molecule has 0 aliphatic heterocycles. The number of hydrogen-bond donors (Lipinski definition) is 2. The first-order chi connectivity index (χ1) is 9.74. The minimum atomic E-state index is -0.130. The molecule has 2 nitrogen and oxygen atoms in total. The van der Waals surface area contributed by atoms with Crippen LogP contribution in [0.3, 0.4) is 0 Å². The molecular weight excluding hydrogens is 246 g/mol. The van der Waals surface area contributed by atoms with Gasteiger partial charge in [0.05, 0.1) is 6.10 Å². The van der Waals surface area contributed by atoms with E-state index in [4.69, 9.17) is 0 Å². The smallest absolute Gasteiger partial charge is 0.0693 e. The second-order valence-electron chi connectivity index (χ2n) is 6.70. The predicted molar refractivity (Wildman–Crippen MR) is 83.0 cm³/mol. The first-order valence-corrected chi connectivity index (χ1v) is 8.23. The molecule has 2 atom stereocenters. The highest BCUT2D eigenvalue weighted by atomic mass is 16.3. The van der Waals surface area contributed by atoms with Gasteiger partial charge >= 0.3 is 0 Å². The van der Waals surface area contributed by atoms with Crippen LogP contribution in [0.15, 0.2) is 24.3 Å². The van der Waals surface area contributed by atoms with Crippen molar-refractivity contribution in [2.24, 2.45) is 0 Å². The lowest BCUT2D eigenvalue weighted by molar-refractivity contribution is 0.102. The molecule has 110 valence electrons. The van der Waals surface area contributed by atoms with Crippen LogP contribution in [0.5, 0.6) is 0 Å². The van der Waals surface area contributed by atoms with Crippen LogP contribution in [-0.2, 0) is 0 Å². The summed E-state index contributed by atoms with van der Waals surface area (Å²) in [6.07, 6.45) is 8.19. The fourth-order valence-corrected chi connectivity index (χ4v) is 3.84. The maximum Gasteiger partial charge on any atom is 0.0693 e. The average molecular weight is 273 g/mol. The Morgan fingerprint density at radius 2 is 1.80 bits per heavy atom. The van der Waals surface area contributed by atoms with E-state index in [9.17, 15) is 5.11 Å². The Morgan fingerprint density at radius 3 is 2.60 bits per heavy atom. The minimum Gasteiger partial charge on any atom is -0.392 e. The van der Waals surface area contributed by atoms with Gasteiger partial charge in [0.25, 0.3) is 0 Å². The topological polar surface area (TPSA) is 32.3 Å². The summed E-state index contributed by atoms with van der Waals surface area (Å²) in [5.74, 6) is 0.719. The number of aryl methyl sites for hydroxylation is 1. The third-order valence-corrected chi connectivity index (χ3v) is 5.20. The molecule has 0 spiro atoms. The summed E-state index contributed by atoms with van der Waals surface area (Å²) in [5.41, 5.74) is 2.94. The summed E-state index contributed by atoms with van der Waals surface area (Å²) in [5, 5.41) is 13.9. The Labute approximate surface area is 122 Å². The van der Waals surface area contributed by atoms with E-state index >= 15 is 0 Å². The van der Waals surface area contributed by atoms with Gasteiger partial charge in [-0.1, -0.05) is 43.5 Å². The van der Waals surface area contributed by atoms with Crippen molar-refractivity contribution in [3.05, 3.63) is 35.4 Å². The van der Waals surface area contributed by atoms with Crippen molar-refractivity contribution < 1.29 is 5.11 Å². The molecule has 2 heteroatoms. The lowest BCUT2D eigenvalue weighted by atomic mass is 9.74. The Kier molecular flexibility index (Phi) is 4.42. The largest absolute Gasteiger partial charge is 0.392 e. The molecule has 2 unspecified atom stereocenters. The Morgan fingerprint density at radius 1 is 1.05 bits per heavy atom. The highest BCUT2D eigenvalue weighted by Gasteiger charge is 2.34. The Bertz CT molecular complexity index is 439. The third kappa shape index (κ3) is 3.07. The van der Waals surface area contributed by atoms with E-state index in [0.717, 1.165) is 18.8 Å². The quantitative estimate of drug-likeness (QED) is 0.826. The number of aliphatic hydroxyl groups is 1. The molecule has 1 aromatic rings. The molecule has 0 heterocycles. The summed E-state index contributed by atoms with van der Waals surface area (Å²) in [6, 6.07) is 9.70. The van der Waals surface area contributed by atoms with Crippen molar-refractivity contribution in [3.63, 3.8) is 0 Å². The third-order valence-electron chi connectivity index (χ3n) is 5.20. The summed E-state index contributed by atoms with van der Waals surface area (Å²) < 4.78 is 0. The molecule has 2 saturated carbocycles. The van der Waals surface area contributed by atoms with Crippen LogP contribution in [-0.4, -0.2) is 23.3 Å². The normalized spacial score (nSPS) is 34.3. The summed E-state index contributed by atoms with van der Waals surface area (Å²) in [7, 11) is 0. The van der Waals surface area contributed by atoms with Gasteiger partial charge in [-0.15, -0.1) is 0 Å². The molecule has 2 aliphatic rings. The van der Waals surface area contributed by atoms with Gasteiger partial charge < -0.3 is 10.4 Å². The van der Waals surface area contributed by atoms with Crippen LogP contribution < -0.4 is 5.32 Å². The van der Waals surface area contributed by atoms with E-state index in [-0.39, 0.29) is 6.10 Å². The van der Waals surface area contributed by atoms with Crippen LogP contribution in [0, 0.1) is 6.92 Å². The molecular formula is C18H27NO. The van der Waals surface area contributed by atoms with Gasteiger partial charge in [0.15, 0.2) is 0 Å². The van der Waals surface area contributed by atoms with Crippen LogP contribution >= 0.6 is 0 Å². The van der Waals surface area contributed by atoms with Crippen molar-refractivity contribution in [2.45, 2.75) is 76.0 Å². The zero-order valence-electron chi connectivity index (χ0n) is 12.5. The fraction of sp³-hybridized carbons (Fsp3) is 0.667. The molecule has 2 N–H and O–H groups in total. The zero-order valence-corrected chi connectivity index (χ0v) is 12.5. The number of aliphatic hydroxyl groups excluding tert-OH is 1. The molecule has 3 rings (SSSR count). The van der Waals surface area contributed by atoms with Crippen molar-refractivity contribution in [1.82, 2.24) is 5.32 Å². The van der Waals surface area contributed by atoms with Crippen LogP contribution in [0.1, 0.15) is 62.0 Å². The standard InChI is InChI=1S/C18H27NO/c1-13-7-5-6-8-16(13)14-11-15(12-14)19-17-9-3-2-4-10-18(17)20/h5-8,14-15,17-20H,2-4,9-12H2,1H3. The van der Waals surface area contributed by atoms with E-state index in [1.54, 1.807) is 0 Å². The van der Waals surface area contributed by atoms with Gasteiger partial charge in [0.2, 0.25) is 0 Å². The van der Waals surface area contributed by atoms with E-state index in [0.29, 0.717) is 12.1 Å². The highest BCUT2D eigenvalue weighted by Crippen LogP contribution is 2.38. The number of rotatable bonds is 3. The molecule has 1 aromatic carbocycles. The van der Waals surface area contributed by atoms with Crippen LogP contribution in [0.25, 0.3) is 0 Å². The first kappa shape index (κ1) is 14.1. The Hall–Kier alpha value is -0.860. The van der Waals surface area contributed by atoms with Gasteiger partial charge in [0, 0.05) is 12.1 Å². The average Bonchev–Trinajstić information content (AvgIpc) is 2.60. The lowest BCUT2D eigenvalue weighted by Crippen LogP contribution is -2.49. The molecule has 2 aliphatic carbocycles. The molecule has 2 fully saturated rings. The van der Waals surface area contributed by atoms with E-state index < -0.39 is 0 Å². The molecule has 0 saturated heterocycles. The van der Waals surface area contributed by atoms with Crippen molar-refractivity contribution in [2.75, 3.05) is 0 Å². The molecule has 0 amide bonds. The molecule has 0 aromatic heterocycles. The van der Waals surface area contributed by atoms with Gasteiger partial charge in [-0.2, -0.15) is 0 Å². The second-order valence-corrected chi connectivity index (χ2v) is 6.70. The van der Waals surface area contributed by atoms with E-state index in [2.05, 4.69) is 36.5 Å². The predicted octanol–water partition coefficient (Wildman–Crippen LogP) is 3.52. The summed E-state index contributed by atoms with van der Waals surface area (Å²) >= 11 is 0. The summed E-state index contributed by atoms with van der Waals surface area (Å²) in [6.45, 7) is 2.21. The van der Waals surface area contributed by atoms with Crippen molar-refractivity contribution >= 4 is 0 Å². The molecule has 0 radical (unpaired) electrons. The number of benzene rings is 1. The fourth-order valence-electron chi connectivity index (χ4n) is 3.84. The van der Waals surface area contributed by atoms with Crippen LogP contribution in [0.4, 0.5) is 0 Å². The molecule has 0 bridgehead atoms. The highest BCUT2D eigenvalue weighted by molar-refractivity contribution is 5.31. The number of hydrogen-bond acceptors (Lipinski definition) is 2. The number of nitrogens with one attached hydrogen (secondary N) is 1. The summed E-state index contributed by atoms with van der Waals surface area (Å²) in [4.78, 5) is 0. The van der Waals surface area contributed by atoms with Gasteiger partial charge in [-0.05, 0) is 49.7 Å². The SMILES string of the molecule is Cc1ccccc1C1CC(NC2CCCCCC2O)C1. The van der Waals surface area contributed by atoms with E-state index in [1.807, 2.05) is 0 Å². The van der Waals surface area contributed by atoms with E-state index in [1.165, 1.54) is 43.2 Å². The zero-order chi connectivity index (χ0) is 13.9. The second kappa shape index (κ2) is 6.28. The van der Waals surface area contributed by atoms with Crippen molar-refractivity contribution in [3.8, 4) is 0 Å². The lowest BCUT2D eigenvalue weighted by Gasteiger charge is -2.40. The monoisotopic (exact) mass is 273 g/mol. The van der Waals surface area contributed by atoms with Gasteiger partial charge in [-0.25, -0.2) is 0 Å². The van der Waals surface area contributed by atoms with Gasteiger partial charge in [0.1, 0.15) is 0 Å². The van der Waals surface area contributed by atoms with Crippen LogP contribution in [0.2, 0.25) is 0 Å². The maximum atomic E-state index is 10.2. The maximum absolute atomic E-state index is 10.2. The van der Waals surface area contributed by atoms with Crippen molar-refractivity contribution in [1.29, 1.82) is 0 Å². The first-order valence-electron chi connectivity index (χ1n) is 8.23. The van der Waals surface area contributed by atoms with Gasteiger partial charge in [-0.3, -0.25) is 0 Å². The molecule has 20 heavy (non-hydrogen) atoms. The minimum absolute atomic E-state index is 0.130. The Balaban J connectivity index is 1.52.